The Bertz CT molecular complexity index is 515. The largest absolute Gasteiger partial charge is 0.493 e. The second-order valence-electron chi connectivity index (χ2n) is 7.90. The molecule has 0 aromatic heterocycles. The number of rotatable bonds is 14. The SMILES string of the molecule is C/C=C\CCC(C)CCc1ccc(C)c(C)c1OCCCCCCCC. The lowest BCUT2D eigenvalue weighted by atomic mass is 9.94. The maximum Gasteiger partial charge on any atom is 0.125 e. The van der Waals surface area contributed by atoms with Crippen LogP contribution in [0, 0.1) is 19.8 Å². The predicted octanol–water partition coefficient (Wildman–Crippen LogP) is 7.97. The molecule has 1 nitrogen and oxygen atoms in total. The van der Waals surface area contributed by atoms with Crippen molar-refractivity contribution < 1.29 is 4.74 Å². The molecule has 0 radical (unpaired) electrons. The number of hydrogen-bond acceptors (Lipinski definition) is 1. The van der Waals surface area contributed by atoms with Gasteiger partial charge in [0.1, 0.15) is 5.75 Å². The van der Waals surface area contributed by atoms with Crippen molar-refractivity contribution in [3.63, 3.8) is 0 Å². The van der Waals surface area contributed by atoms with Crippen LogP contribution in [0.2, 0.25) is 0 Å². The van der Waals surface area contributed by atoms with Crippen LogP contribution in [0.3, 0.4) is 0 Å². The number of allylic oxidation sites excluding steroid dienone is 2. The summed E-state index contributed by atoms with van der Waals surface area (Å²) in [5, 5.41) is 0. The molecule has 0 amide bonds. The van der Waals surface area contributed by atoms with Crippen LogP contribution in [0.15, 0.2) is 24.3 Å². The molecule has 0 fully saturated rings. The molecule has 1 aromatic rings. The van der Waals surface area contributed by atoms with Gasteiger partial charge in [0, 0.05) is 0 Å². The number of ether oxygens (including phenoxy) is 1. The van der Waals surface area contributed by atoms with E-state index in [4.69, 9.17) is 4.74 Å². The van der Waals surface area contributed by atoms with Crippen molar-refractivity contribution in [2.45, 2.75) is 98.8 Å². The Kier molecular flexibility index (Phi) is 12.2. The van der Waals surface area contributed by atoms with Crippen LogP contribution in [0.25, 0.3) is 0 Å². The zero-order chi connectivity index (χ0) is 19.2. The van der Waals surface area contributed by atoms with Gasteiger partial charge in [0.15, 0.2) is 0 Å². The van der Waals surface area contributed by atoms with Crippen molar-refractivity contribution in [1.29, 1.82) is 0 Å². The summed E-state index contributed by atoms with van der Waals surface area (Å²) in [6.07, 6.45) is 17.2. The molecule has 0 saturated carbocycles. The van der Waals surface area contributed by atoms with Crippen LogP contribution in [-0.2, 0) is 6.42 Å². The van der Waals surface area contributed by atoms with E-state index in [-0.39, 0.29) is 0 Å². The molecular weight excluding hydrogens is 316 g/mol. The summed E-state index contributed by atoms with van der Waals surface area (Å²) in [7, 11) is 0. The maximum absolute atomic E-state index is 6.27. The molecule has 1 aromatic carbocycles. The van der Waals surface area contributed by atoms with Crippen LogP contribution in [0.1, 0.15) is 95.2 Å². The van der Waals surface area contributed by atoms with E-state index in [1.165, 1.54) is 80.2 Å². The molecule has 0 aliphatic heterocycles. The smallest absolute Gasteiger partial charge is 0.125 e. The quantitative estimate of drug-likeness (QED) is 0.242. The van der Waals surface area contributed by atoms with Crippen molar-refractivity contribution in [1.82, 2.24) is 0 Å². The van der Waals surface area contributed by atoms with Crippen molar-refractivity contribution in [2.24, 2.45) is 5.92 Å². The van der Waals surface area contributed by atoms with Gasteiger partial charge in [-0.15, -0.1) is 0 Å². The molecule has 0 N–H and O–H groups in total. The van der Waals surface area contributed by atoms with Crippen LogP contribution >= 0.6 is 0 Å². The van der Waals surface area contributed by atoms with Gasteiger partial charge in [0.2, 0.25) is 0 Å². The van der Waals surface area contributed by atoms with Crippen molar-refractivity contribution >= 4 is 0 Å². The second kappa shape index (κ2) is 13.9. The molecule has 0 bridgehead atoms. The van der Waals surface area contributed by atoms with E-state index in [1.807, 2.05) is 0 Å². The van der Waals surface area contributed by atoms with E-state index in [0.29, 0.717) is 0 Å². The first kappa shape index (κ1) is 22.8. The first-order valence-electron chi connectivity index (χ1n) is 10.9. The van der Waals surface area contributed by atoms with Crippen molar-refractivity contribution in [3.8, 4) is 5.75 Å². The highest BCUT2D eigenvalue weighted by Crippen LogP contribution is 2.29. The summed E-state index contributed by atoms with van der Waals surface area (Å²) in [6.45, 7) is 12.0. The minimum atomic E-state index is 0.763. The highest BCUT2D eigenvalue weighted by Gasteiger charge is 2.11. The van der Waals surface area contributed by atoms with E-state index in [2.05, 4.69) is 58.9 Å². The monoisotopic (exact) mass is 358 g/mol. The summed E-state index contributed by atoms with van der Waals surface area (Å²) in [4.78, 5) is 0. The highest BCUT2D eigenvalue weighted by atomic mass is 16.5. The zero-order valence-electron chi connectivity index (χ0n) is 18.1. The van der Waals surface area contributed by atoms with Gasteiger partial charge in [0.25, 0.3) is 0 Å². The van der Waals surface area contributed by atoms with Gasteiger partial charge >= 0.3 is 0 Å². The molecule has 0 saturated heterocycles. The van der Waals surface area contributed by atoms with Gasteiger partial charge in [-0.25, -0.2) is 0 Å². The molecule has 1 atom stereocenters. The first-order chi connectivity index (χ1) is 12.6. The molecule has 1 heteroatoms. The van der Waals surface area contributed by atoms with Crippen molar-refractivity contribution in [2.75, 3.05) is 6.61 Å². The summed E-state index contributed by atoms with van der Waals surface area (Å²) >= 11 is 0. The van der Waals surface area contributed by atoms with Crippen LogP contribution < -0.4 is 4.74 Å². The lowest BCUT2D eigenvalue weighted by Gasteiger charge is -2.17. The van der Waals surface area contributed by atoms with Crippen LogP contribution in [0.5, 0.6) is 5.75 Å². The topological polar surface area (TPSA) is 9.23 Å². The van der Waals surface area contributed by atoms with E-state index in [1.54, 1.807) is 0 Å². The van der Waals surface area contributed by atoms with Crippen LogP contribution in [-0.4, -0.2) is 6.61 Å². The van der Waals surface area contributed by atoms with Gasteiger partial charge in [-0.1, -0.05) is 70.2 Å². The van der Waals surface area contributed by atoms with Gasteiger partial charge in [-0.2, -0.15) is 0 Å². The summed E-state index contributed by atoms with van der Waals surface area (Å²) in [5.41, 5.74) is 4.07. The third-order valence-electron chi connectivity index (χ3n) is 5.47. The first-order valence-corrected chi connectivity index (χ1v) is 10.9. The molecule has 26 heavy (non-hydrogen) atoms. The minimum Gasteiger partial charge on any atom is -0.493 e. The average Bonchev–Trinajstić information content (AvgIpc) is 2.63. The van der Waals surface area contributed by atoms with E-state index >= 15 is 0 Å². The third kappa shape index (κ3) is 8.92. The number of hydrogen-bond donors (Lipinski definition) is 0. The molecule has 0 aliphatic rings. The zero-order valence-corrected chi connectivity index (χ0v) is 18.1. The Balaban J connectivity index is 2.51. The normalized spacial score (nSPS) is 12.7. The summed E-state index contributed by atoms with van der Waals surface area (Å²) in [5.74, 6) is 1.93. The van der Waals surface area contributed by atoms with E-state index in [0.717, 1.165) is 18.9 Å². The van der Waals surface area contributed by atoms with Gasteiger partial charge in [0.05, 0.1) is 6.61 Å². The molecule has 1 unspecified atom stereocenters. The number of aryl methyl sites for hydroxylation is 2. The number of benzene rings is 1. The van der Waals surface area contributed by atoms with Gasteiger partial charge in [-0.3, -0.25) is 0 Å². The standard InChI is InChI=1S/C25H42O/c1-6-8-10-11-12-14-20-26-25-23(5)22(4)17-19-24(25)18-16-21(3)15-13-9-7-2/h7,9,17,19,21H,6,8,10-16,18,20H2,1-5H3/b9-7-. The molecular formula is C25H42O. The predicted molar refractivity (Wildman–Crippen MR) is 116 cm³/mol. The summed E-state index contributed by atoms with van der Waals surface area (Å²) in [6, 6.07) is 4.55. The van der Waals surface area contributed by atoms with Crippen LogP contribution in [0.4, 0.5) is 0 Å². The highest BCUT2D eigenvalue weighted by molar-refractivity contribution is 5.45. The fraction of sp³-hybridized carbons (Fsp3) is 0.680. The molecule has 0 aliphatic carbocycles. The van der Waals surface area contributed by atoms with Gasteiger partial charge in [-0.05, 0) is 75.5 Å². The summed E-state index contributed by atoms with van der Waals surface area (Å²) < 4.78 is 6.27. The Hall–Kier alpha value is -1.24. The Labute approximate surface area is 163 Å². The molecule has 0 spiro atoms. The Morgan fingerprint density at radius 2 is 1.73 bits per heavy atom. The molecule has 148 valence electrons. The fourth-order valence-electron chi connectivity index (χ4n) is 3.39. The van der Waals surface area contributed by atoms with E-state index < -0.39 is 0 Å². The maximum atomic E-state index is 6.27. The Morgan fingerprint density at radius 1 is 1.00 bits per heavy atom. The van der Waals surface area contributed by atoms with E-state index in [9.17, 15) is 0 Å². The minimum absolute atomic E-state index is 0.763. The lowest BCUT2D eigenvalue weighted by Crippen LogP contribution is -2.05. The third-order valence-corrected chi connectivity index (χ3v) is 5.47. The molecule has 0 heterocycles. The Morgan fingerprint density at radius 3 is 2.46 bits per heavy atom. The van der Waals surface area contributed by atoms with Gasteiger partial charge < -0.3 is 4.74 Å². The average molecular weight is 359 g/mol. The lowest BCUT2D eigenvalue weighted by molar-refractivity contribution is 0.298. The number of unbranched alkanes of at least 4 members (excludes halogenated alkanes) is 5. The fourth-order valence-corrected chi connectivity index (χ4v) is 3.39. The second-order valence-corrected chi connectivity index (χ2v) is 7.90. The molecule has 1 rings (SSSR count). The van der Waals surface area contributed by atoms with Crippen molar-refractivity contribution in [3.05, 3.63) is 41.0 Å².